The molecule has 0 spiro atoms. The molecular formula is C24H36F6O3. The standard InChI is InChI=1S/C24H36F6O3/c1-19(2,32)11-6-12-20(3,13-7-15-22(33,23(25,26)27)24(28,29)30)18-10-9-16-17(31)8-5-14-21(16,18)4/h7,15-16,18,32-33H,5-6,8-14H2,1-4H3/b15-7+/t16-,18+,20+,21?/m0/s1. The van der Waals surface area contributed by atoms with E-state index >= 15 is 0 Å². The molecule has 2 rings (SSSR count). The first-order chi connectivity index (χ1) is 14.8. The minimum atomic E-state index is -5.90. The van der Waals surface area contributed by atoms with Gasteiger partial charge in [-0.25, -0.2) is 0 Å². The van der Waals surface area contributed by atoms with Crippen molar-refractivity contribution in [3.8, 4) is 0 Å². The SMILES string of the molecule is CC(C)(O)CCC[C@](C)(C/C=C/C(O)(C(F)(F)F)C(F)(F)F)[C@H]1CC[C@H]2C(=O)CCCC21C. The molecule has 2 aliphatic rings. The Morgan fingerprint density at radius 3 is 2.09 bits per heavy atom. The van der Waals surface area contributed by atoms with Gasteiger partial charge in [0.15, 0.2) is 0 Å². The molecule has 0 bridgehead atoms. The number of carbonyl (C=O) groups is 1. The molecule has 2 aliphatic carbocycles. The predicted molar refractivity (Wildman–Crippen MR) is 112 cm³/mol. The van der Waals surface area contributed by atoms with Gasteiger partial charge in [0.2, 0.25) is 0 Å². The lowest BCUT2D eigenvalue weighted by atomic mass is 9.56. The normalized spacial score (nSPS) is 29.4. The van der Waals surface area contributed by atoms with E-state index < -0.39 is 29.0 Å². The molecule has 1 unspecified atom stereocenters. The van der Waals surface area contributed by atoms with E-state index in [1.165, 1.54) is 0 Å². The average molecular weight is 487 g/mol. The fraction of sp³-hybridized carbons (Fsp3) is 0.875. The Balaban J connectivity index is 2.36. The summed E-state index contributed by atoms with van der Waals surface area (Å²) < 4.78 is 78.6. The van der Waals surface area contributed by atoms with E-state index in [2.05, 4.69) is 0 Å². The van der Waals surface area contributed by atoms with Crippen molar-refractivity contribution in [2.45, 2.75) is 109 Å². The van der Waals surface area contributed by atoms with Crippen LogP contribution in [0.1, 0.15) is 85.5 Å². The third-order valence-corrected chi connectivity index (χ3v) is 8.05. The van der Waals surface area contributed by atoms with Gasteiger partial charge in [0.05, 0.1) is 5.60 Å². The Hall–Kier alpha value is -1.09. The summed E-state index contributed by atoms with van der Waals surface area (Å²) in [6, 6.07) is 0. The van der Waals surface area contributed by atoms with Crippen molar-refractivity contribution >= 4 is 5.78 Å². The van der Waals surface area contributed by atoms with Crippen LogP contribution in [0, 0.1) is 22.7 Å². The summed E-state index contributed by atoms with van der Waals surface area (Å²) in [5.41, 5.74) is -6.93. The van der Waals surface area contributed by atoms with Crippen LogP contribution < -0.4 is 0 Å². The zero-order valence-electron chi connectivity index (χ0n) is 19.7. The molecule has 2 fully saturated rings. The van der Waals surface area contributed by atoms with Crippen LogP contribution in [0.25, 0.3) is 0 Å². The van der Waals surface area contributed by atoms with Crippen LogP contribution in [-0.4, -0.2) is 39.6 Å². The Bertz CT molecular complexity index is 722. The molecule has 3 nitrogen and oxygen atoms in total. The number of hydrogen-bond donors (Lipinski definition) is 2. The van der Waals surface area contributed by atoms with Crippen LogP contribution in [0.3, 0.4) is 0 Å². The summed E-state index contributed by atoms with van der Waals surface area (Å²) in [4.78, 5) is 12.5. The minimum absolute atomic E-state index is 0.0735. The fourth-order valence-electron chi connectivity index (χ4n) is 6.27. The van der Waals surface area contributed by atoms with Gasteiger partial charge in [-0.2, -0.15) is 26.3 Å². The van der Waals surface area contributed by atoms with Crippen LogP contribution in [0.5, 0.6) is 0 Å². The molecule has 0 amide bonds. The number of rotatable bonds is 8. The Kier molecular flexibility index (Phi) is 7.82. The van der Waals surface area contributed by atoms with Gasteiger partial charge >= 0.3 is 12.4 Å². The molecule has 0 aromatic heterocycles. The van der Waals surface area contributed by atoms with Gasteiger partial charge in [0, 0.05) is 12.3 Å². The van der Waals surface area contributed by atoms with Gasteiger partial charge in [-0.3, -0.25) is 4.79 Å². The summed E-state index contributed by atoms with van der Waals surface area (Å²) in [7, 11) is 0. The summed E-state index contributed by atoms with van der Waals surface area (Å²) in [5, 5.41) is 19.6. The van der Waals surface area contributed by atoms with E-state index in [1.54, 1.807) is 13.8 Å². The molecule has 4 atom stereocenters. The molecular weight excluding hydrogens is 450 g/mol. The number of ketones is 1. The number of halogens is 6. The van der Waals surface area contributed by atoms with Crippen LogP contribution in [0.4, 0.5) is 26.3 Å². The second-order valence-corrected chi connectivity index (χ2v) is 11.2. The van der Waals surface area contributed by atoms with E-state index in [-0.39, 0.29) is 35.5 Å². The smallest absolute Gasteiger partial charge is 0.390 e. The number of aliphatic hydroxyl groups is 2. The largest absolute Gasteiger partial charge is 0.429 e. The maximum absolute atomic E-state index is 13.1. The third kappa shape index (κ3) is 5.77. The summed E-state index contributed by atoms with van der Waals surface area (Å²) >= 11 is 0. The molecule has 0 radical (unpaired) electrons. The molecule has 0 saturated heterocycles. The maximum Gasteiger partial charge on any atom is 0.429 e. The summed E-state index contributed by atoms with van der Waals surface area (Å²) in [6.07, 6.45) is -6.52. The monoisotopic (exact) mass is 486 g/mol. The van der Waals surface area contributed by atoms with Gasteiger partial charge in [0.1, 0.15) is 5.78 Å². The number of fused-ring (bicyclic) bond motifs is 1. The van der Waals surface area contributed by atoms with Crippen molar-refractivity contribution in [2.24, 2.45) is 22.7 Å². The predicted octanol–water partition coefficient (Wildman–Crippen LogP) is 6.52. The molecule has 0 aliphatic heterocycles. The third-order valence-electron chi connectivity index (χ3n) is 8.05. The first-order valence-electron chi connectivity index (χ1n) is 11.6. The van der Waals surface area contributed by atoms with Crippen LogP contribution >= 0.6 is 0 Å². The van der Waals surface area contributed by atoms with Crippen molar-refractivity contribution < 1.29 is 41.4 Å². The highest BCUT2D eigenvalue weighted by Gasteiger charge is 2.69. The van der Waals surface area contributed by atoms with Gasteiger partial charge in [-0.15, -0.1) is 0 Å². The van der Waals surface area contributed by atoms with Crippen LogP contribution in [0.15, 0.2) is 12.2 Å². The van der Waals surface area contributed by atoms with Gasteiger partial charge in [-0.05, 0) is 81.6 Å². The number of Topliss-reactive ketones (excluding diaryl/α,β-unsaturated/α-hetero) is 1. The van der Waals surface area contributed by atoms with E-state index in [9.17, 15) is 41.4 Å². The molecule has 2 N–H and O–H groups in total. The number of hydrogen-bond acceptors (Lipinski definition) is 3. The first-order valence-corrected chi connectivity index (χ1v) is 11.6. The molecule has 2 saturated carbocycles. The van der Waals surface area contributed by atoms with Crippen molar-refractivity contribution in [3.63, 3.8) is 0 Å². The van der Waals surface area contributed by atoms with E-state index in [1.807, 2.05) is 13.8 Å². The highest BCUT2D eigenvalue weighted by Crippen LogP contribution is 2.61. The minimum Gasteiger partial charge on any atom is -0.390 e. The second kappa shape index (κ2) is 9.17. The lowest BCUT2D eigenvalue weighted by molar-refractivity contribution is -0.347. The lowest BCUT2D eigenvalue weighted by Gasteiger charge is -2.48. The maximum atomic E-state index is 13.1. The van der Waals surface area contributed by atoms with Gasteiger partial charge < -0.3 is 10.2 Å². The molecule has 33 heavy (non-hydrogen) atoms. The summed E-state index contributed by atoms with van der Waals surface area (Å²) in [6.45, 7) is 7.15. The lowest BCUT2D eigenvalue weighted by Crippen LogP contribution is -2.55. The van der Waals surface area contributed by atoms with Gasteiger partial charge in [-0.1, -0.05) is 26.3 Å². The highest BCUT2D eigenvalue weighted by molar-refractivity contribution is 5.83. The molecule has 0 aromatic rings. The van der Waals surface area contributed by atoms with E-state index in [0.29, 0.717) is 38.5 Å². The molecule has 0 aromatic carbocycles. The van der Waals surface area contributed by atoms with Crippen molar-refractivity contribution in [2.75, 3.05) is 0 Å². The highest BCUT2D eigenvalue weighted by atomic mass is 19.4. The summed E-state index contributed by atoms with van der Waals surface area (Å²) in [5.74, 6) is -0.0316. The van der Waals surface area contributed by atoms with Crippen LogP contribution in [0.2, 0.25) is 0 Å². The van der Waals surface area contributed by atoms with Crippen molar-refractivity contribution in [1.29, 1.82) is 0 Å². The van der Waals surface area contributed by atoms with Crippen LogP contribution in [-0.2, 0) is 4.79 Å². The van der Waals surface area contributed by atoms with Crippen molar-refractivity contribution in [1.82, 2.24) is 0 Å². The molecule has 0 heterocycles. The molecule has 9 heteroatoms. The number of carbonyl (C=O) groups excluding carboxylic acids is 1. The fourth-order valence-corrected chi connectivity index (χ4v) is 6.27. The Morgan fingerprint density at radius 1 is 1.00 bits per heavy atom. The van der Waals surface area contributed by atoms with E-state index in [0.717, 1.165) is 18.9 Å². The number of alkyl halides is 6. The zero-order valence-corrected chi connectivity index (χ0v) is 19.7. The number of allylic oxidation sites excluding steroid dienone is 1. The Labute approximate surface area is 191 Å². The molecule has 192 valence electrons. The zero-order chi connectivity index (χ0) is 25.5. The average Bonchev–Trinajstić information content (AvgIpc) is 2.97. The van der Waals surface area contributed by atoms with E-state index in [4.69, 9.17) is 0 Å². The quantitative estimate of drug-likeness (QED) is 0.303. The first kappa shape index (κ1) is 28.1. The van der Waals surface area contributed by atoms with Crippen molar-refractivity contribution in [3.05, 3.63) is 12.2 Å². The van der Waals surface area contributed by atoms with Gasteiger partial charge in [0.25, 0.3) is 5.60 Å². The second-order valence-electron chi connectivity index (χ2n) is 11.2. The topological polar surface area (TPSA) is 57.5 Å². The Morgan fingerprint density at radius 2 is 1.58 bits per heavy atom.